The summed E-state index contributed by atoms with van der Waals surface area (Å²) in [6.07, 6.45) is 5.27. The third-order valence-corrected chi connectivity index (χ3v) is 3.25. The third kappa shape index (κ3) is 3.09. The summed E-state index contributed by atoms with van der Waals surface area (Å²) < 4.78 is 0. The van der Waals surface area contributed by atoms with Gasteiger partial charge in [0.25, 0.3) is 0 Å². The molecule has 2 heteroatoms. The van der Waals surface area contributed by atoms with Crippen molar-refractivity contribution in [3.05, 3.63) is 0 Å². The van der Waals surface area contributed by atoms with Crippen molar-refractivity contribution in [1.82, 2.24) is 4.90 Å². The van der Waals surface area contributed by atoms with Crippen LogP contribution in [0.4, 0.5) is 0 Å². The number of likely N-dealkylation sites (N-methyl/N-ethyl adjacent to an activating group) is 1. The Labute approximate surface area is 87.7 Å². The van der Waals surface area contributed by atoms with Gasteiger partial charge in [-0.25, -0.2) is 0 Å². The number of hydrogen-bond acceptors (Lipinski definition) is 2. The maximum Gasteiger partial charge on any atom is 0.149 e. The van der Waals surface area contributed by atoms with E-state index in [9.17, 15) is 4.79 Å². The molecule has 0 aliphatic heterocycles. The number of carbonyl (C=O) groups excluding carboxylic acids is 1. The molecule has 0 bridgehead atoms. The van der Waals surface area contributed by atoms with Crippen LogP contribution >= 0.6 is 0 Å². The summed E-state index contributed by atoms with van der Waals surface area (Å²) in [6.45, 7) is 7.82. The molecule has 0 aromatic carbocycles. The van der Waals surface area contributed by atoms with E-state index in [-0.39, 0.29) is 5.92 Å². The van der Waals surface area contributed by atoms with Crippen molar-refractivity contribution >= 4 is 5.78 Å². The number of ketones is 1. The zero-order valence-corrected chi connectivity index (χ0v) is 9.75. The summed E-state index contributed by atoms with van der Waals surface area (Å²) in [6, 6.07) is 0.683. The monoisotopic (exact) mass is 197 g/mol. The summed E-state index contributed by atoms with van der Waals surface area (Å²) in [4.78, 5) is 14.0. The van der Waals surface area contributed by atoms with Crippen LogP contribution in [0.25, 0.3) is 0 Å². The number of carbonyl (C=O) groups is 1. The van der Waals surface area contributed by atoms with Gasteiger partial charge in [-0.1, -0.05) is 33.6 Å². The van der Waals surface area contributed by atoms with Crippen LogP contribution in [0, 0.1) is 5.92 Å². The molecule has 0 unspecified atom stereocenters. The lowest BCUT2D eigenvalue weighted by atomic mass is 10.1. The molecule has 2 nitrogen and oxygen atoms in total. The van der Waals surface area contributed by atoms with E-state index in [0.29, 0.717) is 18.4 Å². The van der Waals surface area contributed by atoms with E-state index >= 15 is 0 Å². The van der Waals surface area contributed by atoms with Gasteiger partial charge in [-0.05, 0) is 19.4 Å². The second-order valence-electron chi connectivity index (χ2n) is 4.62. The zero-order valence-electron chi connectivity index (χ0n) is 9.75. The minimum atomic E-state index is 0.186. The molecule has 0 N–H and O–H groups in total. The molecule has 0 spiro atoms. The van der Waals surface area contributed by atoms with Crippen molar-refractivity contribution in [2.45, 2.75) is 52.5 Å². The van der Waals surface area contributed by atoms with Gasteiger partial charge in [0.2, 0.25) is 0 Å². The zero-order chi connectivity index (χ0) is 10.6. The first-order valence-electron chi connectivity index (χ1n) is 5.92. The third-order valence-electron chi connectivity index (χ3n) is 3.25. The van der Waals surface area contributed by atoms with Gasteiger partial charge < -0.3 is 0 Å². The molecule has 0 amide bonds. The highest BCUT2D eigenvalue weighted by Gasteiger charge is 2.23. The lowest BCUT2D eigenvalue weighted by molar-refractivity contribution is -0.123. The van der Waals surface area contributed by atoms with Crippen LogP contribution in [0.2, 0.25) is 0 Å². The number of hydrogen-bond donors (Lipinski definition) is 0. The van der Waals surface area contributed by atoms with E-state index < -0.39 is 0 Å². The van der Waals surface area contributed by atoms with Gasteiger partial charge in [0.1, 0.15) is 5.78 Å². The maximum absolute atomic E-state index is 11.6. The van der Waals surface area contributed by atoms with E-state index in [0.717, 1.165) is 6.54 Å². The molecule has 0 atom stereocenters. The molecule has 1 aliphatic rings. The highest BCUT2D eigenvalue weighted by atomic mass is 16.1. The predicted molar refractivity (Wildman–Crippen MR) is 59.3 cm³/mol. The van der Waals surface area contributed by atoms with Crippen LogP contribution in [-0.4, -0.2) is 29.8 Å². The maximum atomic E-state index is 11.6. The van der Waals surface area contributed by atoms with E-state index in [1.54, 1.807) is 0 Å². The number of nitrogens with zero attached hydrogens (tertiary/aromatic N) is 1. The van der Waals surface area contributed by atoms with Gasteiger partial charge >= 0.3 is 0 Å². The Morgan fingerprint density at radius 2 is 1.93 bits per heavy atom. The van der Waals surface area contributed by atoms with Crippen LogP contribution in [-0.2, 0) is 4.79 Å². The van der Waals surface area contributed by atoms with Crippen LogP contribution in [0.1, 0.15) is 46.5 Å². The molecule has 1 saturated carbocycles. The fourth-order valence-electron chi connectivity index (χ4n) is 2.15. The normalized spacial score (nSPS) is 18.4. The molecule has 82 valence electrons. The van der Waals surface area contributed by atoms with Gasteiger partial charge in [-0.15, -0.1) is 0 Å². The lowest BCUT2D eigenvalue weighted by Gasteiger charge is -2.27. The van der Waals surface area contributed by atoms with Crippen LogP contribution in [0.15, 0.2) is 0 Å². The quantitative estimate of drug-likeness (QED) is 0.675. The Kier molecular flexibility index (Phi) is 4.59. The van der Waals surface area contributed by atoms with Crippen LogP contribution < -0.4 is 0 Å². The fourth-order valence-corrected chi connectivity index (χ4v) is 2.15. The topological polar surface area (TPSA) is 20.3 Å². The Morgan fingerprint density at radius 3 is 2.36 bits per heavy atom. The lowest BCUT2D eigenvalue weighted by Crippen LogP contribution is -2.38. The smallest absolute Gasteiger partial charge is 0.149 e. The van der Waals surface area contributed by atoms with Crippen LogP contribution in [0.5, 0.6) is 0 Å². The molecule has 1 aliphatic carbocycles. The summed E-state index contributed by atoms with van der Waals surface area (Å²) in [5.74, 6) is 0.573. The van der Waals surface area contributed by atoms with E-state index in [1.807, 2.05) is 13.8 Å². The van der Waals surface area contributed by atoms with Crippen molar-refractivity contribution in [2.24, 2.45) is 5.92 Å². The van der Waals surface area contributed by atoms with Gasteiger partial charge in [0, 0.05) is 12.0 Å². The summed E-state index contributed by atoms with van der Waals surface area (Å²) >= 11 is 0. The minimum Gasteiger partial charge on any atom is -0.298 e. The summed E-state index contributed by atoms with van der Waals surface area (Å²) in [5.41, 5.74) is 0. The molecule has 1 rings (SSSR count). The molecule has 14 heavy (non-hydrogen) atoms. The predicted octanol–water partition coefficient (Wildman–Crippen LogP) is 2.48. The van der Waals surface area contributed by atoms with E-state index in [1.165, 1.54) is 25.7 Å². The molecule has 0 radical (unpaired) electrons. The van der Waals surface area contributed by atoms with Crippen molar-refractivity contribution < 1.29 is 4.79 Å². The molecule has 1 fully saturated rings. The van der Waals surface area contributed by atoms with Gasteiger partial charge in [-0.2, -0.15) is 0 Å². The number of Topliss-reactive ketones (excluding diaryl/α,β-unsaturated/α-hetero) is 1. The SMILES string of the molecule is CCN(CC(=O)C(C)C)C1CCCC1. The first kappa shape index (κ1) is 11.7. The second-order valence-corrected chi connectivity index (χ2v) is 4.62. The first-order chi connectivity index (χ1) is 6.65. The van der Waals surface area contributed by atoms with Crippen molar-refractivity contribution in [2.75, 3.05) is 13.1 Å². The summed E-state index contributed by atoms with van der Waals surface area (Å²) in [5, 5.41) is 0. The first-order valence-corrected chi connectivity index (χ1v) is 5.92. The molecule has 0 saturated heterocycles. The van der Waals surface area contributed by atoms with Gasteiger partial charge in [-0.3, -0.25) is 9.69 Å². The van der Waals surface area contributed by atoms with Crippen molar-refractivity contribution in [1.29, 1.82) is 0 Å². The average molecular weight is 197 g/mol. The second kappa shape index (κ2) is 5.50. The van der Waals surface area contributed by atoms with Crippen molar-refractivity contribution in [3.8, 4) is 0 Å². The molecule has 0 aromatic rings. The van der Waals surface area contributed by atoms with E-state index in [4.69, 9.17) is 0 Å². The standard InChI is InChI=1S/C12H23NO/c1-4-13(9-12(14)10(2)3)11-7-5-6-8-11/h10-11H,4-9H2,1-3H3. The number of rotatable bonds is 5. The molecule has 0 heterocycles. The Morgan fingerprint density at radius 1 is 1.36 bits per heavy atom. The van der Waals surface area contributed by atoms with Gasteiger partial charge in [0.15, 0.2) is 0 Å². The minimum absolute atomic E-state index is 0.186. The summed E-state index contributed by atoms with van der Waals surface area (Å²) in [7, 11) is 0. The highest BCUT2D eigenvalue weighted by Crippen LogP contribution is 2.23. The van der Waals surface area contributed by atoms with Crippen LogP contribution in [0.3, 0.4) is 0 Å². The Hall–Kier alpha value is -0.370. The van der Waals surface area contributed by atoms with Crippen molar-refractivity contribution in [3.63, 3.8) is 0 Å². The Balaban J connectivity index is 2.41. The molecular formula is C12H23NO. The molecular weight excluding hydrogens is 174 g/mol. The highest BCUT2D eigenvalue weighted by molar-refractivity contribution is 5.82. The molecule has 0 aromatic heterocycles. The fraction of sp³-hybridized carbons (Fsp3) is 0.917. The van der Waals surface area contributed by atoms with E-state index in [2.05, 4.69) is 11.8 Å². The van der Waals surface area contributed by atoms with Gasteiger partial charge in [0.05, 0.1) is 6.54 Å². The average Bonchev–Trinajstić information content (AvgIpc) is 2.66. The Bertz CT molecular complexity index is 183. The largest absolute Gasteiger partial charge is 0.298 e.